The molecule has 0 aliphatic rings. The average molecular weight is 395 g/mol. The number of anilines is 1. The fourth-order valence-corrected chi connectivity index (χ4v) is 2.73. The monoisotopic (exact) mass is 395 g/mol. The van der Waals surface area contributed by atoms with Gasteiger partial charge in [0.05, 0.1) is 13.0 Å². The zero-order valence-electron chi connectivity index (χ0n) is 12.0. The quantitative estimate of drug-likeness (QED) is 0.600. The van der Waals surface area contributed by atoms with Crippen LogP contribution in [0, 0.1) is 5.92 Å². The number of halogens is 1. The van der Waals surface area contributed by atoms with Crippen molar-refractivity contribution >= 4 is 34.2 Å². The first-order valence-electron chi connectivity index (χ1n) is 6.75. The summed E-state index contributed by atoms with van der Waals surface area (Å²) in [6, 6.07) is 17.4. The van der Waals surface area contributed by atoms with Gasteiger partial charge in [-0.3, -0.25) is 4.79 Å². The molecule has 2 rings (SSSR count). The number of amides is 1. The summed E-state index contributed by atoms with van der Waals surface area (Å²) in [6.45, 7) is 1.95. The summed E-state index contributed by atoms with van der Waals surface area (Å²) in [5.41, 5.74) is 1.94. The van der Waals surface area contributed by atoms with E-state index in [4.69, 9.17) is 4.74 Å². The number of methoxy groups -OCH3 is 1. The Bertz CT molecular complexity index is 583. The third-order valence-electron chi connectivity index (χ3n) is 3.33. The molecule has 0 aliphatic carbocycles. The zero-order valence-corrected chi connectivity index (χ0v) is 14.2. The number of hydrogen-bond donors (Lipinski definition) is 1. The molecular weight excluding hydrogens is 377 g/mol. The molecule has 1 amide bonds. The van der Waals surface area contributed by atoms with Gasteiger partial charge in [0, 0.05) is 9.61 Å². The highest BCUT2D eigenvalue weighted by Crippen LogP contribution is 2.32. The van der Waals surface area contributed by atoms with Gasteiger partial charge >= 0.3 is 0 Å². The third kappa shape index (κ3) is 4.20. The highest BCUT2D eigenvalue weighted by molar-refractivity contribution is 14.1. The summed E-state index contributed by atoms with van der Waals surface area (Å²) < 4.78 is 5.24. The smallest absolute Gasteiger partial charge is 0.228 e. The molecule has 4 heteroatoms. The van der Waals surface area contributed by atoms with Crippen LogP contribution < -0.4 is 10.1 Å². The van der Waals surface area contributed by atoms with Gasteiger partial charge in [-0.25, -0.2) is 0 Å². The van der Waals surface area contributed by atoms with Gasteiger partial charge in [0.2, 0.25) is 5.91 Å². The molecule has 1 N–H and O–H groups in total. The predicted molar refractivity (Wildman–Crippen MR) is 94.0 cm³/mol. The van der Waals surface area contributed by atoms with Crippen LogP contribution in [0.2, 0.25) is 0 Å². The number of rotatable bonds is 5. The summed E-state index contributed by atoms with van der Waals surface area (Å²) in [4.78, 5) is 12.3. The minimum atomic E-state index is -0.116. The standard InChI is InChI=1S/C17H18INO2/c1-12(16(18)13-6-4-3-5-7-13)17(20)19-14-8-10-15(21-2)11-9-14/h3-12,16H,1-2H3,(H,19,20)/t12-,16-/m0/s1. The van der Waals surface area contributed by atoms with Crippen LogP contribution in [-0.2, 0) is 4.79 Å². The maximum Gasteiger partial charge on any atom is 0.228 e. The molecular formula is C17H18INO2. The normalized spacial score (nSPS) is 13.3. The molecule has 0 aromatic heterocycles. The number of hydrogen-bond acceptors (Lipinski definition) is 2. The van der Waals surface area contributed by atoms with E-state index in [1.165, 1.54) is 0 Å². The van der Waals surface area contributed by atoms with Gasteiger partial charge in [0.15, 0.2) is 0 Å². The van der Waals surface area contributed by atoms with Gasteiger partial charge in [-0.05, 0) is 29.8 Å². The molecule has 2 atom stereocenters. The summed E-state index contributed by atoms with van der Waals surface area (Å²) >= 11 is 2.32. The third-order valence-corrected chi connectivity index (χ3v) is 5.13. The first-order chi connectivity index (χ1) is 10.1. The molecule has 0 fully saturated rings. The fraction of sp³-hybridized carbons (Fsp3) is 0.235. The number of carbonyl (C=O) groups excluding carboxylic acids is 1. The van der Waals surface area contributed by atoms with Crippen molar-refractivity contribution in [2.45, 2.75) is 10.8 Å². The Labute approximate surface area is 138 Å². The number of ether oxygens (including phenoxy) is 1. The first kappa shape index (κ1) is 15.8. The lowest BCUT2D eigenvalue weighted by Crippen LogP contribution is -2.23. The van der Waals surface area contributed by atoms with Gasteiger partial charge in [-0.1, -0.05) is 59.8 Å². The van der Waals surface area contributed by atoms with Crippen LogP contribution in [0.25, 0.3) is 0 Å². The van der Waals surface area contributed by atoms with Crippen molar-refractivity contribution in [1.29, 1.82) is 0 Å². The zero-order chi connectivity index (χ0) is 15.2. The van der Waals surface area contributed by atoms with Crippen molar-refractivity contribution in [1.82, 2.24) is 0 Å². The number of nitrogens with one attached hydrogen (secondary N) is 1. The molecule has 2 aromatic rings. The van der Waals surface area contributed by atoms with Crippen molar-refractivity contribution in [3.63, 3.8) is 0 Å². The predicted octanol–water partition coefficient (Wildman–Crippen LogP) is 4.45. The Kier molecular flexibility index (Phi) is 5.61. The van der Waals surface area contributed by atoms with Crippen LogP contribution in [0.15, 0.2) is 54.6 Å². The fourth-order valence-electron chi connectivity index (χ4n) is 1.99. The minimum Gasteiger partial charge on any atom is -0.497 e. The largest absolute Gasteiger partial charge is 0.497 e. The number of alkyl halides is 1. The summed E-state index contributed by atoms with van der Waals surface area (Å²) in [5.74, 6) is 0.677. The Hall–Kier alpha value is -1.56. The molecule has 2 aromatic carbocycles. The van der Waals surface area contributed by atoms with E-state index in [-0.39, 0.29) is 15.7 Å². The lowest BCUT2D eigenvalue weighted by Gasteiger charge is -2.18. The molecule has 0 unspecified atom stereocenters. The van der Waals surface area contributed by atoms with Crippen molar-refractivity contribution < 1.29 is 9.53 Å². The van der Waals surface area contributed by atoms with Crippen LogP contribution >= 0.6 is 22.6 Å². The van der Waals surface area contributed by atoms with Crippen LogP contribution in [0.4, 0.5) is 5.69 Å². The van der Waals surface area contributed by atoms with Crippen molar-refractivity contribution in [3.05, 3.63) is 60.2 Å². The Morgan fingerprint density at radius 1 is 1.10 bits per heavy atom. The second-order valence-electron chi connectivity index (χ2n) is 4.82. The first-order valence-corrected chi connectivity index (χ1v) is 8.00. The number of benzene rings is 2. The molecule has 110 valence electrons. The van der Waals surface area contributed by atoms with Crippen LogP contribution in [0.1, 0.15) is 16.4 Å². The van der Waals surface area contributed by atoms with Crippen molar-refractivity contribution in [2.24, 2.45) is 5.92 Å². The highest BCUT2D eigenvalue weighted by atomic mass is 127. The van der Waals surface area contributed by atoms with E-state index in [9.17, 15) is 4.79 Å². The molecule has 0 bridgehead atoms. The van der Waals surface area contributed by atoms with Crippen LogP contribution in [0.5, 0.6) is 5.75 Å². The Balaban J connectivity index is 2.01. The van der Waals surface area contributed by atoms with Gasteiger partial charge in [0.1, 0.15) is 5.75 Å². The molecule has 3 nitrogen and oxygen atoms in total. The maximum atomic E-state index is 12.3. The van der Waals surface area contributed by atoms with E-state index in [0.29, 0.717) is 0 Å². The summed E-state index contributed by atoms with van der Waals surface area (Å²) in [6.07, 6.45) is 0. The molecule has 0 spiro atoms. The molecule has 0 heterocycles. The topological polar surface area (TPSA) is 38.3 Å². The SMILES string of the molecule is COc1ccc(NC(=O)[C@@H](C)[C@H](I)c2ccccc2)cc1. The summed E-state index contributed by atoms with van der Waals surface area (Å²) in [5, 5.41) is 2.94. The molecule has 0 saturated heterocycles. The Morgan fingerprint density at radius 2 is 1.71 bits per heavy atom. The maximum absolute atomic E-state index is 12.3. The summed E-state index contributed by atoms with van der Waals surface area (Å²) in [7, 11) is 1.62. The van der Waals surface area contributed by atoms with E-state index in [2.05, 4.69) is 27.9 Å². The van der Waals surface area contributed by atoms with E-state index in [0.717, 1.165) is 17.0 Å². The average Bonchev–Trinajstić information content (AvgIpc) is 2.55. The van der Waals surface area contributed by atoms with E-state index >= 15 is 0 Å². The minimum absolute atomic E-state index is 0.0171. The van der Waals surface area contributed by atoms with Gasteiger partial charge in [-0.15, -0.1) is 0 Å². The van der Waals surface area contributed by atoms with Gasteiger partial charge in [-0.2, -0.15) is 0 Å². The van der Waals surface area contributed by atoms with Gasteiger partial charge in [0.25, 0.3) is 0 Å². The Morgan fingerprint density at radius 3 is 2.29 bits per heavy atom. The lowest BCUT2D eigenvalue weighted by molar-refractivity contribution is -0.119. The van der Waals surface area contributed by atoms with Crippen molar-refractivity contribution in [2.75, 3.05) is 12.4 Å². The molecule has 0 saturated carbocycles. The lowest BCUT2D eigenvalue weighted by atomic mass is 10.0. The van der Waals surface area contributed by atoms with Gasteiger partial charge < -0.3 is 10.1 Å². The van der Waals surface area contributed by atoms with E-state index in [1.807, 2.05) is 61.5 Å². The number of carbonyl (C=O) groups is 1. The van der Waals surface area contributed by atoms with Crippen molar-refractivity contribution in [3.8, 4) is 5.75 Å². The van der Waals surface area contributed by atoms with E-state index in [1.54, 1.807) is 7.11 Å². The molecule has 0 radical (unpaired) electrons. The van der Waals surface area contributed by atoms with E-state index < -0.39 is 0 Å². The second kappa shape index (κ2) is 7.45. The second-order valence-corrected chi connectivity index (χ2v) is 6.16. The van der Waals surface area contributed by atoms with Crippen LogP contribution in [0.3, 0.4) is 0 Å². The highest BCUT2D eigenvalue weighted by Gasteiger charge is 2.23. The van der Waals surface area contributed by atoms with Crippen LogP contribution in [-0.4, -0.2) is 13.0 Å². The molecule has 0 aliphatic heterocycles. The molecule has 21 heavy (non-hydrogen) atoms.